The summed E-state index contributed by atoms with van der Waals surface area (Å²) in [6.45, 7) is 2.31. The van der Waals surface area contributed by atoms with Gasteiger partial charge < -0.3 is 4.74 Å². The summed E-state index contributed by atoms with van der Waals surface area (Å²) < 4.78 is 5.66. The van der Waals surface area contributed by atoms with Crippen LogP contribution in [0.1, 0.15) is 17.8 Å². The van der Waals surface area contributed by atoms with Crippen molar-refractivity contribution in [3.63, 3.8) is 0 Å². The summed E-state index contributed by atoms with van der Waals surface area (Å²) in [6.07, 6.45) is -0.875. The summed E-state index contributed by atoms with van der Waals surface area (Å²) in [6, 6.07) is 20.2. The van der Waals surface area contributed by atoms with Gasteiger partial charge in [0.15, 0.2) is 6.10 Å². The second kappa shape index (κ2) is 7.59. The third-order valence-electron chi connectivity index (χ3n) is 5.37. The number of hydrogen-bond acceptors (Lipinski definition) is 6. The number of hydrogen-bond donors (Lipinski definition) is 0. The van der Waals surface area contributed by atoms with Gasteiger partial charge in [0.1, 0.15) is 17.7 Å². The lowest BCUT2D eigenvalue weighted by atomic mass is 9.95. The van der Waals surface area contributed by atoms with E-state index >= 15 is 0 Å². The molecule has 2 aliphatic heterocycles. The molecule has 0 aliphatic carbocycles. The Morgan fingerprint density at radius 3 is 2.47 bits per heavy atom. The second-order valence-corrected chi connectivity index (χ2v) is 8.07. The van der Waals surface area contributed by atoms with E-state index in [1.807, 2.05) is 60.8 Å². The van der Waals surface area contributed by atoms with Gasteiger partial charge in [0.2, 0.25) is 5.91 Å². The molecule has 152 valence electrons. The SMILES string of the molecule is CCOc1ccccc1N1C(=O)[C@@H]2[C@@H](c3cccs3)N(c3ccccc3)O[C@H]2C1=O. The number of fused-ring (bicyclic) bond motifs is 1. The first-order chi connectivity index (χ1) is 14.7. The van der Waals surface area contributed by atoms with E-state index in [1.165, 1.54) is 4.90 Å². The van der Waals surface area contributed by atoms with Crippen molar-refractivity contribution in [1.82, 2.24) is 0 Å². The number of benzene rings is 2. The minimum Gasteiger partial charge on any atom is -0.492 e. The number of ether oxygens (including phenoxy) is 1. The van der Waals surface area contributed by atoms with Crippen molar-refractivity contribution in [3.8, 4) is 5.75 Å². The molecule has 2 aliphatic rings. The Bertz CT molecular complexity index is 1070. The number of anilines is 2. The van der Waals surface area contributed by atoms with Crippen LogP contribution in [0.25, 0.3) is 0 Å². The molecule has 0 N–H and O–H groups in total. The average Bonchev–Trinajstić information content (AvgIpc) is 3.48. The number of carbonyl (C=O) groups is 2. The van der Waals surface area contributed by atoms with E-state index in [2.05, 4.69) is 0 Å². The summed E-state index contributed by atoms with van der Waals surface area (Å²) in [7, 11) is 0. The summed E-state index contributed by atoms with van der Waals surface area (Å²) >= 11 is 1.55. The first-order valence-electron chi connectivity index (χ1n) is 9.84. The number of thiophene rings is 1. The van der Waals surface area contributed by atoms with Gasteiger partial charge in [0, 0.05) is 4.88 Å². The molecule has 0 spiro atoms. The molecule has 30 heavy (non-hydrogen) atoms. The molecule has 2 aromatic carbocycles. The predicted octanol–water partition coefficient (Wildman–Crippen LogP) is 4.20. The Kier molecular flexibility index (Phi) is 4.77. The molecule has 1 aromatic heterocycles. The molecule has 3 heterocycles. The number of hydroxylamine groups is 1. The third-order valence-corrected chi connectivity index (χ3v) is 6.31. The van der Waals surface area contributed by atoms with E-state index in [0.717, 1.165) is 10.6 Å². The van der Waals surface area contributed by atoms with E-state index in [9.17, 15) is 9.59 Å². The zero-order chi connectivity index (χ0) is 20.7. The van der Waals surface area contributed by atoms with Crippen LogP contribution in [-0.4, -0.2) is 24.5 Å². The quantitative estimate of drug-likeness (QED) is 0.579. The number of imide groups is 1. The third kappa shape index (κ3) is 2.89. The zero-order valence-electron chi connectivity index (χ0n) is 16.3. The molecule has 3 aromatic rings. The Morgan fingerprint density at radius 2 is 1.73 bits per heavy atom. The highest BCUT2D eigenvalue weighted by atomic mass is 32.1. The summed E-state index contributed by atoms with van der Waals surface area (Å²) in [5.41, 5.74) is 1.27. The van der Waals surface area contributed by atoms with Crippen LogP contribution in [0, 0.1) is 5.92 Å². The number of para-hydroxylation sites is 3. The molecule has 3 atom stereocenters. The molecule has 2 saturated heterocycles. The van der Waals surface area contributed by atoms with Crippen LogP contribution in [0.3, 0.4) is 0 Å². The molecule has 6 nitrogen and oxygen atoms in total. The van der Waals surface area contributed by atoms with Crippen LogP contribution in [0.15, 0.2) is 72.1 Å². The van der Waals surface area contributed by atoms with Crippen LogP contribution in [0.2, 0.25) is 0 Å². The second-order valence-electron chi connectivity index (χ2n) is 7.09. The van der Waals surface area contributed by atoms with Gasteiger partial charge in [-0.1, -0.05) is 36.4 Å². The Balaban J connectivity index is 1.56. The Hall–Kier alpha value is -3.16. The molecular weight excluding hydrogens is 400 g/mol. The average molecular weight is 420 g/mol. The standard InChI is InChI=1S/C23H20N2O4S/c1-2-28-17-12-7-6-11-16(17)24-22(26)19-20(18-13-8-14-30-18)25(29-21(19)23(24)27)15-9-4-3-5-10-15/h3-14,19-21H,2H2,1H3/t19-,20-,21-/m1/s1. The smallest absolute Gasteiger partial charge is 0.266 e. The monoisotopic (exact) mass is 420 g/mol. The highest BCUT2D eigenvalue weighted by Crippen LogP contribution is 2.49. The Labute approximate surface area is 178 Å². The lowest BCUT2D eigenvalue weighted by molar-refractivity contribution is -0.126. The van der Waals surface area contributed by atoms with Crippen molar-refractivity contribution in [2.75, 3.05) is 16.6 Å². The fourth-order valence-electron chi connectivity index (χ4n) is 4.12. The first kappa shape index (κ1) is 18.8. The van der Waals surface area contributed by atoms with Crippen LogP contribution in [-0.2, 0) is 14.4 Å². The maximum atomic E-state index is 13.6. The summed E-state index contributed by atoms with van der Waals surface area (Å²) in [5, 5.41) is 3.68. The lowest BCUT2D eigenvalue weighted by Crippen LogP contribution is -2.37. The molecule has 0 saturated carbocycles. The van der Waals surface area contributed by atoms with Crippen molar-refractivity contribution in [1.29, 1.82) is 0 Å². The van der Waals surface area contributed by atoms with Crippen molar-refractivity contribution >= 4 is 34.5 Å². The van der Waals surface area contributed by atoms with Crippen LogP contribution in [0.5, 0.6) is 5.75 Å². The molecule has 2 amide bonds. The maximum absolute atomic E-state index is 13.6. The van der Waals surface area contributed by atoms with Gasteiger partial charge in [-0.05, 0) is 42.6 Å². The van der Waals surface area contributed by atoms with Crippen molar-refractivity contribution in [2.45, 2.75) is 19.1 Å². The first-order valence-corrected chi connectivity index (χ1v) is 10.7. The van der Waals surface area contributed by atoms with Crippen LogP contribution in [0.4, 0.5) is 11.4 Å². The number of amides is 2. The molecule has 0 unspecified atom stereocenters. The van der Waals surface area contributed by atoms with Gasteiger partial charge in [-0.2, -0.15) is 0 Å². The minimum atomic E-state index is -0.875. The molecule has 2 fully saturated rings. The molecule has 0 bridgehead atoms. The van der Waals surface area contributed by atoms with E-state index in [4.69, 9.17) is 9.57 Å². The highest BCUT2D eigenvalue weighted by molar-refractivity contribution is 7.10. The van der Waals surface area contributed by atoms with Crippen LogP contribution >= 0.6 is 11.3 Å². The van der Waals surface area contributed by atoms with Crippen molar-refractivity contribution < 1.29 is 19.2 Å². The zero-order valence-corrected chi connectivity index (χ0v) is 17.1. The van der Waals surface area contributed by atoms with E-state index in [-0.39, 0.29) is 17.9 Å². The van der Waals surface area contributed by atoms with E-state index < -0.39 is 12.0 Å². The van der Waals surface area contributed by atoms with Gasteiger partial charge in [0.25, 0.3) is 5.91 Å². The van der Waals surface area contributed by atoms with Crippen molar-refractivity contribution in [2.24, 2.45) is 5.92 Å². The van der Waals surface area contributed by atoms with E-state index in [0.29, 0.717) is 18.0 Å². The molecular formula is C23H20N2O4S. The summed E-state index contributed by atoms with van der Waals surface area (Å²) in [4.78, 5) is 35.3. The van der Waals surface area contributed by atoms with Gasteiger partial charge >= 0.3 is 0 Å². The van der Waals surface area contributed by atoms with Crippen LogP contribution < -0.4 is 14.7 Å². The van der Waals surface area contributed by atoms with Gasteiger partial charge in [0.05, 0.1) is 18.0 Å². The number of carbonyl (C=O) groups excluding carboxylic acids is 2. The fraction of sp³-hybridized carbons (Fsp3) is 0.217. The van der Waals surface area contributed by atoms with Gasteiger partial charge in [-0.25, -0.2) is 9.96 Å². The molecule has 0 radical (unpaired) electrons. The predicted molar refractivity (Wildman–Crippen MR) is 114 cm³/mol. The minimum absolute atomic E-state index is 0.269. The topological polar surface area (TPSA) is 59.1 Å². The van der Waals surface area contributed by atoms with E-state index in [1.54, 1.807) is 34.6 Å². The maximum Gasteiger partial charge on any atom is 0.266 e. The highest BCUT2D eigenvalue weighted by Gasteiger charge is 2.60. The fourth-order valence-corrected chi connectivity index (χ4v) is 4.97. The Morgan fingerprint density at radius 1 is 0.967 bits per heavy atom. The van der Waals surface area contributed by atoms with Crippen molar-refractivity contribution in [3.05, 3.63) is 77.0 Å². The number of rotatable bonds is 5. The molecule has 7 heteroatoms. The molecule has 5 rings (SSSR count). The largest absolute Gasteiger partial charge is 0.492 e. The lowest BCUT2D eigenvalue weighted by Gasteiger charge is -2.28. The summed E-state index contributed by atoms with van der Waals surface area (Å²) in [5.74, 6) is -0.758. The number of nitrogens with zero attached hydrogens (tertiary/aromatic N) is 2. The normalized spacial score (nSPS) is 23.2. The van der Waals surface area contributed by atoms with Gasteiger partial charge in [-0.15, -0.1) is 11.3 Å². The van der Waals surface area contributed by atoms with Gasteiger partial charge in [-0.3, -0.25) is 14.4 Å².